The van der Waals surface area contributed by atoms with Crippen molar-refractivity contribution >= 4 is 27.9 Å². The van der Waals surface area contributed by atoms with Crippen LogP contribution in [0.15, 0.2) is 55.1 Å². The fourth-order valence-electron chi connectivity index (χ4n) is 3.84. The molecule has 3 heterocycles. The van der Waals surface area contributed by atoms with Crippen molar-refractivity contribution in [1.82, 2.24) is 24.5 Å². The van der Waals surface area contributed by atoms with Gasteiger partial charge in [0.05, 0.1) is 18.4 Å². The fraction of sp³-hybridized carbons (Fsp3) is 0.136. The summed E-state index contributed by atoms with van der Waals surface area (Å²) in [4.78, 5) is 16.2. The maximum absolute atomic E-state index is 5.93. The smallest absolute Gasteiger partial charge is 0.165 e. The van der Waals surface area contributed by atoms with Crippen molar-refractivity contribution in [3.05, 3.63) is 71.9 Å². The van der Waals surface area contributed by atoms with Crippen LogP contribution in [0.25, 0.3) is 33.2 Å². The minimum Gasteiger partial charge on any atom is -0.382 e. The number of H-pyrrole nitrogens is 1. The number of rotatable bonds is 4. The van der Waals surface area contributed by atoms with Crippen LogP contribution in [-0.2, 0) is 13.1 Å². The first-order valence-electron chi connectivity index (χ1n) is 9.46. The Labute approximate surface area is 167 Å². The van der Waals surface area contributed by atoms with Gasteiger partial charge in [0.1, 0.15) is 11.8 Å². The van der Waals surface area contributed by atoms with Gasteiger partial charge in [-0.3, -0.25) is 0 Å². The molecule has 0 bridgehead atoms. The summed E-state index contributed by atoms with van der Waals surface area (Å²) in [6.45, 7) is 3.18. The number of benzene rings is 2. The molecular weight excluding hydrogens is 362 g/mol. The topological polar surface area (TPSA) is 111 Å². The molecule has 0 aliphatic heterocycles. The number of hydrogen-bond acceptors (Lipinski definition) is 5. The number of imidazole rings is 1. The number of nitrogen functional groups attached to an aromatic ring is 1. The highest BCUT2D eigenvalue weighted by Crippen LogP contribution is 2.32. The molecule has 7 nitrogen and oxygen atoms in total. The van der Waals surface area contributed by atoms with Gasteiger partial charge in [0.15, 0.2) is 11.5 Å². The van der Waals surface area contributed by atoms with E-state index in [-0.39, 0.29) is 0 Å². The molecule has 5 rings (SSSR count). The summed E-state index contributed by atoms with van der Waals surface area (Å²) < 4.78 is 1.98. The normalized spacial score (nSPS) is 11.5. The molecule has 0 aliphatic carbocycles. The second-order valence-electron chi connectivity index (χ2n) is 7.23. The number of hydrogen-bond donors (Lipinski definition) is 3. The first-order chi connectivity index (χ1) is 14.1. The van der Waals surface area contributed by atoms with E-state index in [1.165, 1.54) is 23.0 Å². The maximum atomic E-state index is 5.93. The lowest BCUT2D eigenvalue weighted by molar-refractivity contribution is 0.817. The van der Waals surface area contributed by atoms with E-state index in [1.54, 1.807) is 6.33 Å². The van der Waals surface area contributed by atoms with Gasteiger partial charge in [-0.05, 0) is 29.7 Å². The third kappa shape index (κ3) is 2.92. The van der Waals surface area contributed by atoms with Crippen LogP contribution in [0.1, 0.15) is 16.8 Å². The van der Waals surface area contributed by atoms with Crippen LogP contribution < -0.4 is 11.5 Å². The van der Waals surface area contributed by atoms with Gasteiger partial charge < -0.3 is 21.0 Å². The number of anilines is 1. The van der Waals surface area contributed by atoms with Crippen molar-refractivity contribution in [3.63, 3.8) is 0 Å². The zero-order chi connectivity index (χ0) is 20.0. The molecule has 0 atom stereocenters. The number of fused-ring (bicyclic) bond motifs is 2. The summed E-state index contributed by atoms with van der Waals surface area (Å²) in [5.74, 6) is 0.388. The summed E-state index contributed by atoms with van der Waals surface area (Å²) in [6, 6.07) is 15.0. The van der Waals surface area contributed by atoms with Crippen molar-refractivity contribution in [3.8, 4) is 11.1 Å². The van der Waals surface area contributed by atoms with Gasteiger partial charge in [0.25, 0.3) is 0 Å². The van der Waals surface area contributed by atoms with Crippen molar-refractivity contribution in [2.24, 2.45) is 5.73 Å². The summed E-state index contributed by atoms with van der Waals surface area (Å²) in [6.07, 6.45) is 3.22. The molecular formula is C22H21N7. The van der Waals surface area contributed by atoms with Gasteiger partial charge in [-0.1, -0.05) is 42.0 Å². The predicted octanol–water partition coefficient (Wildman–Crippen LogP) is 3.37. The van der Waals surface area contributed by atoms with Gasteiger partial charge in [-0.2, -0.15) is 0 Å². The van der Waals surface area contributed by atoms with Crippen molar-refractivity contribution in [2.45, 2.75) is 20.0 Å². The summed E-state index contributed by atoms with van der Waals surface area (Å²) in [7, 11) is 0. The van der Waals surface area contributed by atoms with E-state index in [0.29, 0.717) is 24.4 Å². The standard InChI is InChI=1S/C22H21N7/c1-13-3-2-4-14(7-13)17-6-5-15(19-18(17)8-16(9-23)28-19)10-29-12-27-20-21(24)25-11-26-22(20)29/h2-8,11-12,28H,9-10,23H2,1H3,(H2,24,25,26). The Morgan fingerprint density at radius 3 is 2.79 bits per heavy atom. The largest absolute Gasteiger partial charge is 0.382 e. The van der Waals surface area contributed by atoms with Crippen LogP contribution in [0, 0.1) is 6.92 Å². The van der Waals surface area contributed by atoms with Crippen molar-refractivity contribution in [1.29, 1.82) is 0 Å². The maximum Gasteiger partial charge on any atom is 0.165 e. The lowest BCUT2D eigenvalue weighted by atomic mass is 9.98. The van der Waals surface area contributed by atoms with Crippen molar-refractivity contribution < 1.29 is 0 Å². The van der Waals surface area contributed by atoms with Crippen LogP contribution in [0.2, 0.25) is 0 Å². The molecule has 2 aromatic carbocycles. The number of aromatic amines is 1. The molecule has 0 fully saturated rings. The minimum absolute atomic E-state index is 0.388. The van der Waals surface area contributed by atoms with E-state index < -0.39 is 0 Å². The average molecular weight is 383 g/mol. The zero-order valence-electron chi connectivity index (χ0n) is 16.1. The van der Waals surface area contributed by atoms with Crippen molar-refractivity contribution in [2.75, 3.05) is 5.73 Å². The van der Waals surface area contributed by atoms with Crippen LogP contribution in [0.4, 0.5) is 5.82 Å². The summed E-state index contributed by atoms with van der Waals surface area (Å²) in [5.41, 5.74) is 20.0. The first kappa shape index (κ1) is 17.4. The Morgan fingerprint density at radius 1 is 1.07 bits per heavy atom. The van der Waals surface area contributed by atoms with E-state index in [4.69, 9.17) is 11.5 Å². The van der Waals surface area contributed by atoms with Gasteiger partial charge >= 0.3 is 0 Å². The highest BCUT2D eigenvalue weighted by atomic mass is 15.1. The van der Waals surface area contributed by atoms with Gasteiger partial charge in [-0.25, -0.2) is 15.0 Å². The van der Waals surface area contributed by atoms with Crippen LogP contribution >= 0.6 is 0 Å². The molecule has 5 aromatic rings. The number of aromatic nitrogens is 5. The van der Waals surface area contributed by atoms with E-state index in [9.17, 15) is 0 Å². The second kappa shape index (κ2) is 6.72. The Balaban J connectivity index is 1.66. The molecule has 144 valence electrons. The summed E-state index contributed by atoms with van der Waals surface area (Å²) >= 11 is 0. The number of aryl methyl sites for hydroxylation is 1. The average Bonchev–Trinajstić information content (AvgIpc) is 3.34. The minimum atomic E-state index is 0.388. The predicted molar refractivity (Wildman–Crippen MR) is 115 cm³/mol. The monoisotopic (exact) mass is 383 g/mol. The van der Waals surface area contributed by atoms with Gasteiger partial charge in [0, 0.05) is 17.6 Å². The molecule has 0 unspecified atom stereocenters. The van der Waals surface area contributed by atoms with Crippen LogP contribution in [0.3, 0.4) is 0 Å². The second-order valence-corrected chi connectivity index (χ2v) is 7.23. The third-order valence-corrected chi connectivity index (χ3v) is 5.26. The SMILES string of the molecule is Cc1cccc(-c2ccc(Cn3cnc4c(N)ncnc43)c3[nH]c(CN)cc23)c1. The molecule has 0 spiro atoms. The van der Waals surface area contributed by atoms with Crippen LogP contribution in [-0.4, -0.2) is 24.5 Å². The zero-order valence-corrected chi connectivity index (χ0v) is 16.1. The number of nitrogens with one attached hydrogen (secondary N) is 1. The Morgan fingerprint density at radius 2 is 1.97 bits per heavy atom. The quantitative estimate of drug-likeness (QED) is 0.440. The summed E-state index contributed by atoms with van der Waals surface area (Å²) in [5, 5.41) is 1.16. The van der Waals surface area contributed by atoms with E-state index in [2.05, 4.69) is 69.3 Å². The lowest BCUT2D eigenvalue weighted by Crippen LogP contribution is -2.02. The third-order valence-electron chi connectivity index (χ3n) is 5.26. The molecule has 3 aromatic heterocycles. The molecule has 7 heteroatoms. The molecule has 0 saturated carbocycles. The fourth-order valence-corrected chi connectivity index (χ4v) is 3.84. The molecule has 0 amide bonds. The Hall–Kier alpha value is -3.71. The van der Waals surface area contributed by atoms with E-state index in [1.807, 2.05) is 4.57 Å². The number of nitrogens with two attached hydrogens (primary N) is 2. The first-order valence-corrected chi connectivity index (χ1v) is 9.46. The van der Waals surface area contributed by atoms with Gasteiger partial charge in [0.2, 0.25) is 0 Å². The number of nitrogens with zero attached hydrogens (tertiary/aromatic N) is 4. The molecule has 0 radical (unpaired) electrons. The molecule has 0 saturated heterocycles. The van der Waals surface area contributed by atoms with E-state index >= 15 is 0 Å². The van der Waals surface area contributed by atoms with Crippen LogP contribution in [0.5, 0.6) is 0 Å². The Kier molecular flexibility index (Phi) is 4.03. The highest BCUT2D eigenvalue weighted by molar-refractivity contribution is 5.97. The molecule has 5 N–H and O–H groups in total. The Bertz CT molecular complexity index is 1350. The lowest BCUT2D eigenvalue weighted by Gasteiger charge is -2.10. The van der Waals surface area contributed by atoms with Gasteiger partial charge in [-0.15, -0.1) is 0 Å². The molecule has 0 aliphatic rings. The highest BCUT2D eigenvalue weighted by Gasteiger charge is 2.14. The molecule has 29 heavy (non-hydrogen) atoms. The van der Waals surface area contributed by atoms with E-state index in [0.717, 1.165) is 27.8 Å².